The second-order valence-electron chi connectivity index (χ2n) is 6.49. The highest BCUT2D eigenvalue weighted by Gasteiger charge is 2.29. The van der Waals surface area contributed by atoms with E-state index in [1.807, 2.05) is 31.2 Å². The van der Waals surface area contributed by atoms with E-state index in [-0.39, 0.29) is 17.4 Å². The number of nitrogens with one attached hydrogen (secondary N) is 1. The van der Waals surface area contributed by atoms with E-state index in [9.17, 15) is 13.2 Å². The number of hydrogen-bond donors (Lipinski definition) is 2. The van der Waals surface area contributed by atoms with Crippen molar-refractivity contribution in [2.75, 3.05) is 13.1 Å². The molecular weight excluding hydrogens is 340 g/mol. The molecule has 1 fully saturated rings. The molecule has 8 heteroatoms. The Morgan fingerprint density at radius 1 is 1.32 bits per heavy atom. The van der Waals surface area contributed by atoms with Crippen molar-refractivity contribution in [2.24, 2.45) is 5.73 Å². The summed E-state index contributed by atoms with van der Waals surface area (Å²) in [5.74, 6) is -0.387. The van der Waals surface area contributed by atoms with Crippen molar-refractivity contribution >= 4 is 15.9 Å². The number of amides is 1. The Morgan fingerprint density at radius 2 is 2.04 bits per heavy atom. The summed E-state index contributed by atoms with van der Waals surface area (Å²) in [7, 11) is -3.33. The molecule has 2 aromatic rings. The van der Waals surface area contributed by atoms with Crippen LogP contribution in [0.1, 0.15) is 46.1 Å². The summed E-state index contributed by atoms with van der Waals surface area (Å²) in [6, 6.07) is 9.23. The second-order valence-corrected chi connectivity index (χ2v) is 8.46. The van der Waals surface area contributed by atoms with Crippen molar-refractivity contribution in [3.05, 3.63) is 52.8 Å². The molecule has 1 aliphatic heterocycles. The summed E-state index contributed by atoms with van der Waals surface area (Å²) in [5, 5.41) is 6.73. The molecule has 0 atom stereocenters. The van der Waals surface area contributed by atoms with E-state index in [1.165, 1.54) is 0 Å². The molecule has 2 heterocycles. The number of H-pyrrole nitrogens is 1. The van der Waals surface area contributed by atoms with Crippen molar-refractivity contribution in [1.82, 2.24) is 14.5 Å². The summed E-state index contributed by atoms with van der Waals surface area (Å²) in [4.78, 5) is 11.1. The highest BCUT2D eigenvalue weighted by atomic mass is 32.2. The van der Waals surface area contributed by atoms with Crippen LogP contribution in [-0.4, -0.2) is 41.9 Å². The predicted molar refractivity (Wildman–Crippen MR) is 94.5 cm³/mol. The number of nitrogens with zero attached hydrogens (tertiary/aromatic N) is 2. The van der Waals surface area contributed by atoms with Crippen molar-refractivity contribution in [1.29, 1.82) is 0 Å². The maximum absolute atomic E-state index is 12.6. The Balaban J connectivity index is 1.63. The smallest absolute Gasteiger partial charge is 0.269 e. The standard InChI is InChI=1S/C17H22N4O3S/c1-12-3-2-4-13(9-12)11-25(23,24)21-7-5-14(6-8-21)15-10-16(17(18)22)20-19-15/h2-4,9-10,14H,5-8,11H2,1H3,(H2,18,22)(H,19,20). The summed E-state index contributed by atoms with van der Waals surface area (Å²) in [5.41, 5.74) is 8.12. The monoisotopic (exact) mass is 362 g/mol. The zero-order valence-electron chi connectivity index (χ0n) is 14.1. The number of carbonyl (C=O) groups is 1. The third-order valence-corrected chi connectivity index (χ3v) is 6.42. The SMILES string of the molecule is Cc1cccc(CS(=O)(=O)N2CCC(c3cc(C(N)=O)n[nH]3)CC2)c1. The minimum atomic E-state index is -3.33. The van der Waals surface area contributed by atoms with Crippen LogP contribution < -0.4 is 5.73 Å². The van der Waals surface area contributed by atoms with Gasteiger partial charge in [-0.05, 0) is 31.4 Å². The minimum absolute atomic E-state index is 0.0230. The van der Waals surface area contributed by atoms with E-state index in [1.54, 1.807) is 10.4 Å². The first kappa shape index (κ1) is 17.6. The molecule has 7 nitrogen and oxygen atoms in total. The van der Waals surface area contributed by atoms with Gasteiger partial charge in [0.15, 0.2) is 0 Å². The predicted octanol–water partition coefficient (Wildman–Crippen LogP) is 1.53. The Bertz CT molecular complexity index is 868. The maximum Gasteiger partial charge on any atom is 0.269 e. The molecule has 1 saturated heterocycles. The van der Waals surface area contributed by atoms with Gasteiger partial charge in [-0.2, -0.15) is 5.10 Å². The van der Waals surface area contributed by atoms with Crippen LogP contribution in [0.4, 0.5) is 0 Å². The van der Waals surface area contributed by atoms with Gasteiger partial charge in [0.1, 0.15) is 5.69 Å². The van der Waals surface area contributed by atoms with E-state index in [4.69, 9.17) is 5.73 Å². The molecule has 0 spiro atoms. The zero-order valence-corrected chi connectivity index (χ0v) is 14.9. The first-order valence-electron chi connectivity index (χ1n) is 8.23. The molecule has 3 rings (SSSR count). The molecule has 1 aromatic carbocycles. The third-order valence-electron chi connectivity index (χ3n) is 4.57. The van der Waals surface area contributed by atoms with Gasteiger partial charge < -0.3 is 5.73 Å². The number of aromatic amines is 1. The third kappa shape index (κ3) is 4.08. The van der Waals surface area contributed by atoms with Crippen LogP contribution in [0.2, 0.25) is 0 Å². The minimum Gasteiger partial charge on any atom is -0.364 e. The van der Waals surface area contributed by atoms with E-state index in [0.29, 0.717) is 25.9 Å². The number of benzene rings is 1. The Morgan fingerprint density at radius 3 is 2.64 bits per heavy atom. The number of piperidine rings is 1. The van der Waals surface area contributed by atoms with Crippen LogP contribution in [0.15, 0.2) is 30.3 Å². The lowest BCUT2D eigenvalue weighted by atomic mass is 9.94. The summed E-state index contributed by atoms with van der Waals surface area (Å²) in [6.45, 7) is 2.87. The van der Waals surface area contributed by atoms with E-state index in [2.05, 4.69) is 10.2 Å². The summed E-state index contributed by atoms with van der Waals surface area (Å²) < 4.78 is 26.8. The molecule has 0 aliphatic carbocycles. The molecule has 0 unspecified atom stereocenters. The number of rotatable bonds is 5. The number of primary amides is 1. The molecule has 1 amide bonds. The number of hydrogen-bond acceptors (Lipinski definition) is 4. The Hall–Kier alpha value is -2.19. The fraction of sp³-hybridized carbons (Fsp3) is 0.412. The van der Waals surface area contributed by atoms with Gasteiger partial charge in [0.25, 0.3) is 5.91 Å². The summed E-state index contributed by atoms with van der Waals surface area (Å²) in [6.07, 6.45) is 1.38. The average molecular weight is 362 g/mol. The van der Waals surface area contributed by atoms with Crippen molar-refractivity contribution in [3.63, 3.8) is 0 Å². The lowest BCUT2D eigenvalue weighted by Crippen LogP contribution is -2.38. The van der Waals surface area contributed by atoms with Gasteiger partial charge in [0.05, 0.1) is 5.75 Å². The van der Waals surface area contributed by atoms with Gasteiger partial charge in [-0.1, -0.05) is 29.8 Å². The number of carbonyl (C=O) groups excluding carboxylic acids is 1. The fourth-order valence-electron chi connectivity index (χ4n) is 3.22. The van der Waals surface area contributed by atoms with Gasteiger partial charge in [0, 0.05) is 24.7 Å². The van der Waals surface area contributed by atoms with Gasteiger partial charge in [-0.3, -0.25) is 9.89 Å². The van der Waals surface area contributed by atoms with Gasteiger partial charge in [0.2, 0.25) is 10.0 Å². The lowest BCUT2D eigenvalue weighted by molar-refractivity contribution is 0.0995. The van der Waals surface area contributed by atoms with Gasteiger partial charge >= 0.3 is 0 Å². The van der Waals surface area contributed by atoms with Crippen LogP contribution in [0.5, 0.6) is 0 Å². The van der Waals surface area contributed by atoms with Crippen LogP contribution in [-0.2, 0) is 15.8 Å². The molecule has 0 saturated carbocycles. The quantitative estimate of drug-likeness (QED) is 0.840. The average Bonchev–Trinajstić information content (AvgIpc) is 3.05. The molecular formula is C17H22N4O3S. The highest BCUT2D eigenvalue weighted by Crippen LogP contribution is 2.29. The number of aryl methyl sites for hydroxylation is 1. The Labute approximate surface area is 147 Å². The van der Waals surface area contributed by atoms with Gasteiger partial charge in [-0.15, -0.1) is 0 Å². The number of nitrogens with two attached hydrogens (primary N) is 1. The van der Waals surface area contributed by atoms with Crippen LogP contribution in [0.3, 0.4) is 0 Å². The van der Waals surface area contributed by atoms with E-state index in [0.717, 1.165) is 16.8 Å². The molecule has 25 heavy (non-hydrogen) atoms. The molecule has 0 bridgehead atoms. The fourth-order valence-corrected chi connectivity index (χ4v) is 4.77. The molecule has 1 aliphatic rings. The second kappa shape index (κ2) is 6.97. The molecule has 0 radical (unpaired) electrons. The van der Waals surface area contributed by atoms with Crippen molar-refractivity contribution in [2.45, 2.75) is 31.4 Å². The van der Waals surface area contributed by atoms with Gasteiger partial charge in [-0.25, -0.2) is 12.7 Å². The van der Waals surface area contributed by atoms with Crippen LogP contribution in [0, 0.1) is 6.92 Å². The van der Waals surface area contributed by atoms with E-state index < -0.39 is 15.9 Å². The topological polar surface area (TPSA) is 109 Å². The largest absolute Gasteiger partial charge is 0.364 e. The van der Waals surface area contributed by atoms with E-state index >= 15 is 0 Å². The van der Waals surface area contributed by atoms with Crippen LogP contribution in [0.25, 0.3) is 0 Å². The first-order chi connectivity index (χ1) is 11.8. The highest BCUT2D eigenvalue weighted by molar-refractivity contribution is 7.88. The lowest BCUT2D eigenvalue weighted by Gasteiger charge is -2.30. The van der Waals surface area contributed by atoms with Crippen molar-refractivity contribution in [3.8, 4) is 0 Å². The molecule has 134 valence electrons. The number of sulfonamides is 1. The molecule has 1 aromatic heterocycles. The maximum atomic E-state index is 12.6. The van der Waals surface area contributed by atoms with Crippen LogP contribution >= 0.6 is 0 Å². The Kier molecular flexibility index (Phi) is 4.91. The first-order valence-corrected chi connectivity index (χ1v) is 9.84. The molecule has 3 N–H and O–H groups in total. The normalized spacial score (nSPS) is 16.8. The zero-order chi connectivity index (χ0) is 18.0. The van der Waals surface area contributed by atoms with Crippen molar-refractivity contribution < 1.29 is 13.2 Å². The number of aromatic nitrogens is 2. The summed E-state index contributed by atoms with van der Waals surface area (Å²) >= 11 is 0.